The quantitative estimate of drug-likeness (QED) is 0.635. The first-order valence-electron chi connectivity index (χ1n) is 7.71. The van der Waals surface area contributed by atoms with Crippen molar-refractivity contribution in [2.75, 3.05) is 39.9 Å². The van der Waals surface area contributed by atoms with Gasteiger partial charge in [-0.3, -0.25) is 0 Å². The average Bonchev–Trinajstić information content (AvgIpc) is 3.05. The summed E-state index contributed by atoms with van der Waals surface area (Å²) in [6.07, 6.45) is 2.34. The second-order valence-corrected chi connectivity index (χ2v) is 5.62. The van der Waals surface area contributed by atoms with Gasteiger partial charge >= 0.3 is 0 Å². The molecule has 6 nitrogen and oxygen atoms in total. The molecule has 2 saturated heterocycles. The van der Waals surface area contributed by atoms with E-state index >= 15 is 0 Å². The van der Waals surface area contributed by atoms with Crippen LogP contribution in [0, 0.1) is 0 Å². The molecule has 0 aromatic heterocycles. The van der Waals surface area contributed by atoms with E-state index in [1.54, 1.807) is 24.3 Å². The van der Waals surface area contributed by atoms with Crippen molar-refractivity contribution in [1.29, 1.82) is 0 Å². The third kappa shape index (κ3) is 3.57. The Morgan fingerprint density at radius 3 is 2.55 bits per heavy atom. The highest BCUT2D eigenvalue weighted by Gasteiger charge is 2.19. The Hall–Kier alpha value is -2.08. The van der Waals surface area contributed by atoms with E-state index in [9.17, 15) is 5.11 Å². The Bertz CT molecular complexity index is 562. The van der Waals surface area contributed by atoms with E-state index in [-0.39, 0.29) is 5.75 Å². The number of ether oxygens (including phenoxy) is 1. The topological polar surface area (TPSA) is 60.7 Å². The van der Waals surface area contributed by atoms with Crippen LogP contribution in [0.1, 0.15) is 12.8 Å². The molecule has 3 rings (SSSR count). The van der Waals surface area contributed by atoms with E-state index in [1.165, 1.54) is 12.8 Å². The van der Waals surface area contributed by atoms with E-state index in [2.05, 4.69) is 14.8 Å². The molecular formula is C16H22N4O2. The van der Waals surface area contributed by atoms with Gasteiger partial charge in [-0.2, -0.15) is 4.99 Å². The summed E-state index contributed by atoms with van der Waals surface area (Å²) in [7, 11) is 2.03. The van der Waals surface area contributed by atoms with Crippen molar-refractivity contribution < 1.29 is 9.84 Å². The molecule has 1 aromatic carbocycles. The zero-order chi connectivity index (χ0) is 15.4. The predicted molar refractivity (Wildman–Crippen MR) is 86.9 cm³/mol. The molecule has 0 saturated carbocycles. The van der Waals surface area contributed by atoms with Crippen LogP contribution in [0.15, 0.2) is 34.3 Å². The summed E-state index contributed by atoms with van der Waals surface area (Å²) in [6, 6.07) is 6.88. The molecule has 2 fully saturated rings. The number of amidine groups is 1. The van der Waals surface area contributed by atoms with Gasteiger partial charge in [0.1, 0.15) is 18.2 Å². The number of guanidine groups is 1. The van der Waals surface area contributed by atoms with Crippen LogP contribution in [0.2, 0.25) is 0 Å². The van der Waals surface area contributed by atoms with Crippen molar-refractivity contribution in [1.82, 2.24) is 9.80 Å². The van der Waals surface area contributed by atoms with Gasteiger partial charge in [-0.1, -0.05) is 0 Å². The van der Waals surface area contributed by atoms with Crippen molar-refractivity contribution in [3.05, 3.63) is 24.3 Å². The largest absolute Gasteiger partial charge is 0.508 e. The van der Waals surface area contributed by atoms with Gasteiger partial charge in [-0.15, -0.1) is 0 Å². The first kappa shape index (κ1) is 14.8. The van der Waals surface area contributed by atoms with Crippen molar-refractivity contribution in [2.45, 2.75) is 12.8 Å². The summed E-state index contributed by atoms with van der Waals surface area (Å²) in [5, 5.41) is 9.39. The van der Waals surface area contributed by atoms with Crippen molar-refractivity contribution in [2.24, 2.45) is 9.98 Å². The molecule has 0 spiro atoms. The lowest BCUT2D eigenvalue weighted by molar-refractivity contribution is 0.125. The van der Waals surface area contributed by atoms with E-state index in [0.717, 1.165) is 43.7 Å². The minimum Gasteiger partial charge on any atom is -0.508 e. The van der Waals surface area contributed by atoms with Gasteiger partial charge in [0, 0.05) is 26.7 Å². The molecule has 2 heterocycles. The molecule has 22 heavy (non-hydrogen) atoms. The van der Waals surface area contributed by atoms with Gasteiger partial charge in [0.15, 0.2) is 0 Å². The van der Waals surface area contributed by atoms with Gasteiger partial charge in [0.05, 0.1) is 12.3 Å². The fourth-order valence-corrected chi connectivity index (χ4v) is 2.56. The van der Waals surface area contributed by atoms with Crippen LogP contribution in [0.3, 0.4) is 0 Å². The highest BCUT2D eigenvalue weighted by molar-refractivity contribution is 5.97. The average molecular weight is 302 g/mol. The van der Waals surface area contributed by atoms with Gasteiger partial charge in [0.2, 0.25) is 5.96 Å². The first-order chi connectivity index (χ1) is 10.7. The molecule has 6 heteroatoms. The van der Waals surface area contributed by atoms with Crippen LogP contribution < -0.4 is 0 Å². The van der Waals surface area contributed by atoms with Crippen LogP contribution in [-0.4, -0.2) is 66.6 Å². The number of aliphatic imine (C=N–C) groups is 2. The van der Waals surface area contributed by atoms with Crippen LogP contribution in [-0.2, 0) is 4.74 Å². The number of aromatic hydroxyl groups is 1. The Balaban J connectivity index is 1.89. The molecule has 0 amide bonds. The van der Waals surface area contributed by atoms with E-state index in [0.29, 0.717) is 6.61 Å². The van der Waals surface area contributed by atoms with Gasteiger partial charge in [-0.25, -0.2) is 4.99 Å². The summed E-state index contributed by atoms with van der Waals surface area (Å²) in [5.41, 5.74) is 0.795. The van der Waals surface area contributed by atoms with Gasteiger partial charge in [0.25, 0.3) is 0 Å². The number of likely N-dealkylation sites (tertiary alicyclic amines) is 1. The SMILES string of the molecule is CN1CCOCC1=NC(=Nc1ccc(O)cc1)N1CCCC1. The number of nitrogens with zero attached hydrogens (tertiary/aromatic N) is 4. The molecule has 2 aliphatic heterocycles. The molecule has 118 valence electrons. The second-order valence-electron chi connectivity index (χ2n) is 5.62. The third-order valence-electron chi connectivity index (χ3n) is 3.94. The molecule has 0 aliphatic carbocycles. The fourth-order valence-electron chi connectivity index (χ4n) is 2.56. The number of hydrogen-bond donors (Lipinski definition) is 1. The molecule has 0 unspecified atom stereocenters. The minimum absolute atomic E-state index is 0.244. The maximum Gasteiger partial charge on any atom is 0.227 e. The Kier molecular flexibility index (Phi) is 4.58. The Labute approximate surface area is 130 Å². The number of rotatable bonds is 1. The maximum atomic E-state index is 9.39. The normalized spacial score (nSPS) is 21.7. The molecule has 2 aliphatic rings. The summed E-state index contributed by atoms with van der Waals surface area (Å²) in [5.74, 6) is 1.89. The molecule has 0 atom stereocenters. The highest BCUT2D eigenvalue weighted by atomic mass is 16.5. The van der Waals surface area contributed by atoms with Gasteiger partial charge in [-0.05, 0) is 37.1 Å². The van der Waals surface area contributed by atoms with Gasteiger partial charge < -0.3 is 19.6 Å². The van der Waals surface area contributed by atoms with E-state index in [1.807, 2.05) is 7.05 Å². The minimum atomic E-state index is 0.244. The van der Waals surface area contributed by atoms with E-state index < -0.39 is 0 Å². The predicted octanol–water partition coefficient (Wildman–Crippen LogP) is 1.84. The lowest BCUT2D eigenvalue weighted by Crippen LogP contribution is -2.40. The third-order valence-corrected chi connectivity index (χ3v) is 3.94. The standard InChI is InChI=1S/C16H22N4O2/c1-19-10-11-22-12-15(19)18-16(20-8-2-3-9-20)17-13-4-6-14(21)7-5-13/h4-7,21H,2-3,8-12H2,1H3. The molecular weight excluding hydrogens is 280 g/mol. The smallest absolute Gasteiger partial charge is 0.227 e. The number of likely N-dealkylation sites (N-methyl/N-ethyl adjacent to an activating group) is 1. The molecule has 0 bridgehead atoms. The summed E-state index contributed by atoms with van der Waals surface area (Å²) in [4.78, 5) is 13.7. The van der Waals surface area contributed by atoms with Crippen LogP contribution >= 0.6 is 0 Å². The Morgan fingerprint density at radius 1 is 1.14 bits per heavy atom. The zero-order valence-electron chi connectivity index (χ0n) is 12.9. The second kappa shape index (κ2) is 6.79. The summed E-state index contributed by atoms with van der Waals surface area (Å²) >= 11 is 0. The maximum absolute atomic E-state index is 9.39. The zero-order valence-corrected chi connectivity index (χ0v) is 12.9. The van der Waals surface area contributed by atoms with Crippen LogP contribution in [0.4, 0.5) is 5.69 Å². The number of morpholine rings is 1. The van der Waals surface area contributed by atoms with Crippen molar-refractivity contribution in [3.63, 3.8) is 0 Å². The van der Waals surface area contributed by atoms with Crippen molar-refractivity contribution >= 4 is 17.5 Å². The van der Waals surface area contributed by atoms with Crippen molar-refractivity contribution in [3.8, 4) is 5.75 Å². The number of phenolic OH excluding ortho intramolecular Hbond substituents is 1. The molecule has 1 aromatic rings. The van der Waals surface area contributed by atoms with Crippen LogP contribution in [0.5, 0.6) is 5.75 Å². The number of hydrogen-bond acceptors (Lipinski definition) is 3. The Morgan fingerprint density at radius 2 is 1.86 bits per heavy atom. The van der Waals surface area contributed by atoms with E-state index in [4.69, 9.17) is 9.73 Å². The molecule has 1 N–H and O–H groups in total. The van der Waals surface area contributed by atoms with Crippen LogP contribution in [0.25, 0.3) is 0 Å². The summed E-state index contributed by atoms with van der Waals surface area (Å²) in [6.45, 7) is 4.09. The monoisotopic (exact) mass is 302 g/mol. The number of benzene rings is 1. The lowest BCUT2D eigenvalue weighted by atomic mass is 10.3. The lowest BCUT2D eigenvalue weighted by Gasteiger charge is -2.27. The summed E-state index contributed by atoms with van der Waals surface area (Å²) < 4.78 is 5.50. The number of phenols is 1. The fraction of sp³-hybridized carbons (Fsp3) is 0.500. The first-order valence-corrected chi connectivity index (χ1v) is 7.71. The highest BCUT2D eigenvalue weighted by Crippen LogP contribution is 2.19. The molecule has 0 radical (unpaired) electrons.